The van der Waals surface area contributed by atoms with Gasteiger partial charge in [0, 0.05) is 18.1 Å². The van der Waals surface area contributed by atoms with Gasteiger partial charge >= 0.3 is 0 Å². The summed E-state index contributed by atoms with van der Waals surface area (Å²) < 4.78 is 0. The van der Waals surface area contributed by atoms with Crippen molar-refractivity contribution >= 4 is 33.8 Å². The van der Waals surface area contributed by atoms with Crippen molar-refractivity contribution in [3.8, 4) is 0 Å². The molecule has 1 heterocycles. The van der Waals surface area contributed by atoms with Gasteiger partial charge in [-0.3, -0.25) is 4.90 Å². The van der Waals surface area contributed by atoms with Gasteiger partial charge in [-0.15, -0.1) is 11.3 Å². The SMILES string of the molecule is CC(C)=CCCN(C(N)=S)c1nccs1. The van der Waals surface area contributed by atoms with Crippen LogP contribution in [0.2, 0.25) is 0 Å². The number of nitrogens with two attached hydrogens (primary N) is 1. The summed E-state index contributed by atoms with van der Waals surface area (Å²) in [4.78, 5) is 6.05. The Morgan fingerprint density at radius 2 is 2.40 bits per heavy atom. The molecule has 0 aromatic carbocycles. The van der Waals surface area contributed by atoms with E-state index in [4.69, 9.17) is 18.0 Å². The highest BCUT2D eigenvalue weighted by atomic mass is 32.1. The molecule has 0 saturated carbocycles. The van der Waals surface area contributed by atoms with Crippen LogP contribution in [0.15, 0.2) is 23.2 Å². The minimum absolute atomic E-state index is 0.382. The quantitative estimate of drug-likeness (QED) is 0.650. The highest BCUT2D eigenvalue weighted by molar-refractivity contribution is 7.80. The van der Waals surface area contributed by atoms with E-state index in [0.29, 0.717) is 5.11 Å². The Morgan fingerprint density at radius 3 is 2.87 bits per heavy atom. The van der Waals surface area contributed by atoms with E-state index >= 15 is 0 Å². The van der Waals surface area contributed by atoms with Gasteiger partial charge in [0.15, 0.2) is 10.2 Å². The maximum atomic E-state index is 5.65. The van der Waals surface area contributed by atoms with Gasteiger partial charge in [-0.25, -0.2) is 4.98 Å². The average molecular weight is 241 g/mol. The van der Waals surface area contributed by atoms with Crippen LogP contribution in [-0.4, -0.2) is 16.6 Å². The number of aromatic nitrogens is 1. The number of thiazole rings is 1. The predicted octanol–water partition coefficient (Wildman–Crippen LogP) is 2.55. The lowest BCUT2D eigenvalue weighted by Crippen LogP contribution is -2.36. The minimum Gasteiger partial charge on any atom is -0.376 e. The van der Waals surface area contributed by atoms with Crippen molar-refractivity contribution in [1.29, 1.82) is 0 Å². The Kier molecular flexibility index (Phi) is 4.71. The van der Waals surface area contributed by atoms with E-state index in [1.165, 1.54) is 5.57 Å². The second-order valence-corrected chi connectivity index (χ2v) is 4.67. The first-order valence-electron chi connectivity index (χ1n) is 4.71. The lowest BCUT2D eigenvalue weighted by atomic mass is 10.2. The van der Waals surface area contributed by atoms with Crippen LogP contribution in [0.5, 0.6) is 0 Å². The minimum atomic E-state index is 0.382. The van der Waals surface area contributed by atoms with Crippen LogP contribution in [-0.2, 0) is 0 Å². The number of anilines is 1. The van der Waals surface area contributed by atoms with Crippen molar-refractivity contribution in [1.82, 2.24) is 4.98 Å². The van der Waals surface area contributed by atoms with Gasteiger partial charge in [-0.05, 0) is 32.5 Å². The number of nitrogens with zero attached hydrogens (tertiary/aromatic N) is 2. The molecule has 0 radical (unpaired) electrons. The van der Waals surface area contributed by atoms with Crippen molar-refractivity contribution < 1.29 is 0 Å². The normalized spacial score (nSPS) is 9.73. The Hall–Kier alpha value is -0.940. The monoisotopic (exact) mass is 241 g/mol. The highest BCUT2D eigenvalue weighted by Gasteiger charge is 2.10. The molecule has 0 aliphatic heterocycles. The van der Waals surface area contributed by atoms with Crippen LogP contribution in [0.3, 0.4) is 0 Å². The molecule has 15 heavy (non-hydrogen) atoms. The van der Waals surface area contributed by atoms with Gasteiger partial charge in [0.1, 0.15) is 0 Å². The van der Waals surface area contributed by atoms with E-state index in [-0.39, 0.29) is 0 Å². The van der Waals surface area contributed by atoms with E-state index in [1.807, 2.05) is 10.3 Å². The molecule has 0 atom stereocenters. The fourth-order valence-corrected chi connectivity index (χ4v) is 2.05. The molecule has 0 aliphatic rings. The Balaban J connectivity index is 2.61. The largest absolute Gasteiger partial charge is 0.376 e. The molecule has 0 bridgehead atoms. The molecule has 1 aromatic rings. The molecule has 1 aromatic heterocycles. The van der Waals surface area contributed by atoms with Crippen molar-refractivity contribution in [3.63, 3.8) is 0 Å². The molecule has 5 heteroatoms. The third kappa shape index (κ3) is 3.97. The van der Waals surface area contributed by atoms with Crippen molar-refractivity contribution in [2.75, 3.05) is 11.4 Å². The molecular formula is C10H15N3S2. The van der Waals surface area contributed by atoms with Gasteiger partial charge in [0.05, 0.1) is 0 Å². The van der Waals surface area contributed by atoms with Gasteiger partial charge in [-0.1, -0.05) is 11.6 Å². The summed E-state index contributed by atoms with van der Waals surface area (Å²) in [5.41, 5.74) is 6.95. The molecule has 0 spiro atoms. The van der Waals surface area contributed by atoms with E-state index < -0.39 is 0 Å². The number of hydrogen-bond acceptors (Lipinski definition) is 3. The fourth-order valence-electron chi connectivity index (χ4n) is 1.13. The zero-order valence-electron chi connectivity index (χ0n) is 8.93. The zero-order valence-corrected chi connectivity index (χ0v) is 10.6. The Bertz CT molecular complexity index is 340. The Labute approximate surface area is 99.6 Å². The molecule has 82 valence electrons. The van der Waals surface area contributed by atoms with Crippen LogP contribution in [0.4, 0.5) is 5.13 Å². The molecule has 0 fully saturated rings. The first-order chi connectivity index (χ1) is 7.11. The molecule has 2 N–H and O–H groups in total. The lowest BCUT2D eigenvalue weighted by molar-refractivity contribution is 0.951. The van der Waals surface area contributed by atoms with Crippen LogP contribution in [0, 0.1) is 0 Å². The Morgan fingerprint density at radius 1 is 1.67 bits per heavy atom. The van der Waals surface area contributed by atoms with E-state index in [9.17, 15) is 0 Å². The molecule has 0 amide bonds. The number of rotatable bonds is 4. The van der Waals surface area contributed by atoms with Gasteiger partial charge in [0.25, 0.3) is 0 Å². The standard InChI is InChI=1S/C10H15N3S2/c1-8(2)4-3-6-13(9(11)14)10-12-5-7-15-10/h4-5,7H,3,6H2,1-2H3,(H2,11,14). The predicted molar refractivity (Wildman–Crippen MR) is 70.3 cm³/mol. The summed E-state index contributed by atoms with van der Waals surface area (Å²) in [5.74, 6) is 0. The maximum Gasteiger partial charge on any atom is 0.191 e. The molecule has 1 rings (SSSR count). The molecule has 0 aliphatic carbocycles. The van der Waals surface area contributed by atoms with Gasteiger partial charge in [-0.2, -0.15) is 0 Å². The molecule has 0 saturated heterocycles. The van der Waals surface area contributed by atoms with Crippen LogP contribution in [0.1, 0.15) is 20.3 Å². The van der Waals surface area contributed by atoms with Crippen molar-refractivity contribution in [2.45, 2.75) is 20.3 Å². The first kappa shape index (κ1) is 12.1. The number of allylic oxidation sites excluding steroid dienone is 1. The van der Waals surface area contributed by atoms with Gasteiger partial charge in [0.2, 0.25) is 0 Å². The zero-order chi connectivity index (χ0) is 11.3. The third-order valence-electron chi connectivity index (χ3n) is 1.82. The van der Waals surface area contributed by atoms with E-state index in [1.54, 1.807) is 17.5 Å². The van der Waals surface area contributed by atoms with Crippen LogP contribution in [0.25, 0.3) is 0 Å². The van der Waals surface area contributed by atoms with E-state index in [0.717, 1.165) is 18.1 Å². The second kappa shape index (κ2) is 5.82. The fraction of sp³-hybridized carbons (Fsp3) is 0.400. The summed E-state index contributed by atoms with van der Waals surface area (Å²) in [6.07, 6.45) is 4.85. The summed E-state index contributed by atoms with van der Waals surface area (Å²) in [5, 5.41) is 3.17. The summed E-state index contributed by atoms with van der Waals surface area (Å²) >= 11 is 6.54. The lowest BCUT2D eigenvalue weighted by Gasteiger charge is -2.18. The molecule has 0 unspecified atom stereocenters. The molecular weight excluding hydrogens is 226 g/mol. The summed E-state index contributed by atoms with van der Waals surface area (Å²) in [6.45, 7) is 4.94. The second-order valence-electron chi connectivity index (χ2n) is 3.37. The maximum absolute atomic E-state index is 5.65. The summed E-state index contributed by atoms with van der Waals surface area (Å²) in [6, 6.07) is 0. The molecule has 3 nitrogen and oxygen atoms in total. The van der Waals surface area contributed by atoms with Crippen molar-refractivity contribution in [3.05, 3.63) is 23.2 Å². The van der Waals surface area contributed by atoms with Crippen LogP contribution < -0.4 is 10.6 Å². The van der Waals surface area contributed by atoms with Gasteiger partial charge < -0.3 is 5.73 Å². The highest BCUT2D eigenvalue weighted by Crippen LogP contribution is 2.17. The first-order valence-corrected chi connectivity index (χ1v) is 6.00. The summed E-state index contributed by atoms with van der Waals surface area (Å²) in [7, 11) is 0. The smallest absolute Gasteiger partial charge is 0.191 e. The third-order valence-corrected chi connectivity index (χ3v) is 2.84. The number of hydrogen-bond donors (Lipinski definition) is 1. The van der Waals surface area contributed by atoms with Crippen LogP contribution >= 0.6 is 23.6 Å². The topological polar surface area (TPSA) is 42.1 Å². The number of thiocarbonyl (C=S) groups is 1. The average Bonchev–Trinajstić information content (AvgIpc) is 2.63. The van der Waals surface area contributed by atoms with E-state index in [2.05, 4.69) is 24.9 Å². The van der Waals surface area contributed by atoms with Crippen molar-refractivity contribution in [2.24, 2.45) is 5.73 Å².